The summed E-state index contributed by atoms with van der Waals surface area (Å²) in [5, 5.41) is 21.6. The van der Waals surface area contributed by atoms with E-state index in [9.17, 15) is 23.1 Å². The largest absolute Gasteiger partial charge is 0.496 e. The van der Waals surface area contributed by atoms with Crippen molar-refractivity contribution in [2.24, 2.45) is 5.73 Å². The molecule has 0 saturated heterocycles. The number of aromatic carboxylic acids is 1. The number of benzene rings is 4. The fraction of sp³-hybridized carbons (Fsp3) is 0.0741. The number of amidine groups is 1. The summed E-state index contributed by atoms with van der Waals surface area (Å²) in [4.78, 5) is 25.3. The molecule has 4 rings (SSSR count). The van der Waals surface area contributed by atoms with Crippen molar-refractivity contribution >= 4 is 44.3 Å². The van der Waals surface area contributed by atoms with Gasteiger partial charge in [0.2, 0.25) is 0 Å². The highest BCUT2D eigenvalue weighted by Crippen LogP contribution is 2.35. The zero-order chi connectivity index (χ0) is 28.0. The number of hydrogen-bond acceptors (Lipinski definition) is 6. The lowest BCUT2D eigenvalue weighted by Crippen LogP contribution is -2.15. The first-order valence-electron chi connectivity index (χ1n) is 11.0. The molecule has 0 spiro atoms. The number of carbonyl (C=O) groups is 2. The van der Waals surface area contributed by atoms with E-state index < -0.39 is 22.0 Å². The van der Waals surface area contributed by atoms with Gasteiger partial charge in [-0.15, -0.1) is 0 Å². The van der Waals surface area contributed by atoms with Crippen LogP contribution in [0.25, 0.3) is 21.9 Å². The highest BCUT2D eigenvalue weighted by Gasteiger charge is 2.20. The van der Waals surface area contributed by atoms with E-state index in [2.05, 4.69) is 5.32 Å². The average molecular weight is 536 g/mol. The molecule has 10 nitrogen and oxygen atoms in total. The number of methoxy groups -OCH3 is 1. The molecule has 6 N–H and O–H groups in total. The molecule has 1 amide bonds. The van der Waals surface area contributed by atoms with Crippen LogP contribution in [0.15, 0.2) is 78.9 Å². The molecule has 0 unspecified atom stereocenters. The fourth-order valence-electron chi connectivity index (χ4n) is 3.72. The lowest BCUT2D eigenvalue weighted by molar-refractivity contribution is 0.0697. The van der Waals surface area contributed by atoms with Gasteiger partial charge in [0.25, 0.3) is 16.0 Å². The SMILES string of the molecule is COc1cccc2cc(-c3ccccc3C(=O)O)c(C(=O)Nc3ccc(C(=N)N)cc3)cc12.CS(=O)(=O)O. The summed E-state index contributed by atoms with van der Waals surface area (Å²) in [5.41, 5.74) is 7.88. The predicted octanol–water partition coefficient (Wildman–Crippen LogP) is 4.25. The van der Waals surface area contributed by atoms with E-state index in [4.69, 9.17) is 20.4 Å². The maximum atomic E-state index is 13.4. The lowest BCUT2D eigenvalue weighted by atomic mass is 9.92. The number of carboxylic acids is 1. The highest BCUT2D eigenvalue weighted by molar-refractivity contribution is 7.85. The molecule has 0 aromatic heterocycles. The number of hydrogen-bond donors (Lipinski definition) is 5. The summed E-state index contributed by atoms with van der Waals surface area (Å²) in [7, 11) is -2.11. The third-order valence-electron chi connectivity index (χ3n) is 5.34. The summed E-state index contributed by atoms with van der Waals surface area (Å²) in [6.45, 7) is 0. The number of nitrogens with two attached hydrogens (primary N) is 1. The van der Waals surface area contributed by atoms with Gasteiger partial charge in [0.05, 0.1) is 18.9 Å². The molecule has 11 heteroatoms. The van der Waals surface area contributed by atoms with Gasteiger partial charge in [0.1, 0.15) is 11.6 Å². The molecule has 0 bridgehead atoms. The molecular weight excluding hydrogens is 510 g/mol. The quantitative estimate of drug-likeness (QED) is 0.138. The standard InChI is InChI=1S/C26H21N3O4.CH4O3S/c1-33-23-8-4-5-16-13-21(18-6-2-3-7-19(18)26(31)32)22(14-20(16)23)25(30)29-17-11-9-15(10-12-17)24(27)28;1-5(2,3)4/h2-14H,1H3,(H3,27,28)(H,29,30)(H,31,32);1H3,(H,2,3,4). The Hall–Kier alpha value is -4.74. The van der Waals surface area contributed by atoms with Crippen molar-refractivity contribution in [2.45, 2.75) is 0 Å². The van der Waals surface area contributed by atoms with Gasteiger partial charge < -0.3 is 20.9 Å². The van der Waals surface area contributed by atoms with Crippen LogP contribution in [0.1, 0.15) is 26.3 Å². The lowest BCUT2D eigenvalue weighted by Gasteiger charge is -2.15. The van der Waals surface area contributed by atoms with Crippen molar-refractivity contribution in [1.29, 1.82) is 5.41 Å². The van der Waals surface area contributed by atoms with Crippen LogP contribution < -0.4 is 15.8 Å². The van der Waals surface area contributed by atoms with Gasteiger partial charge in [-0.2, -0.15) is 8.42 Å². The smallest absolute Gasteiger partial charge is 0.336 e. The summed E-state index contributed by atoms with van der Waals surface area (Å²) in [5.74, 6) is -0.955. The summed E-state index contributed by atoms with van der Waals surface area (Å²) in [6.07, 6.45) is 0.715. The van der Waals surface area contributed by atoms with E-state index in [1.807, 2.05) is 12.1 Å². The first-order valence-corrected chi connectivity index (χ1v) is 12.9. The van der Waals surface area contributed by atoms with Gasteiger partial charge >= 0.3 is 5.97 Å². The van der Waals surface area contributed by atoms with Crippen LogP contribution in [-0.2, 0) is 10.1 Å². The van der Waals surface area contributed by atoms with E-state index in [0.717, 1.165) is 10.8 Å². The Morgan fingerprint density at radius 3 is 2.13 bits per heavy atom. The second kappa shape index (κ2) is 11.5. The normalized spacial score (nSPS) is 10.7. The van der Waals surface area contributed by atoms with Crippen molar-refractivity contribution in [1.82, 2.24) is 0 Å². The number of ether oxygens (including phenoxy) is 1. The minimum Gasteiger partial charge on any atom is -0.496 e. The number of anilines is 1. The van der Waals surface area contributed by atoms with Crippen molar-refractivity contribution in [3.05, 3.63) is 95.6 Å². The number of nitrogen functional groups attached to an aromatic ring is 1. The van der Waals surface area contributed by atoms with Crippen LogP contribution >= 0.6 is 0 Å². The molecule has 0 heterocycles. The molecule has 0 aliphatic heterocycles. The second-order valence-corrected chi connectivity index (χ2v) is 9.57. The predicted molar refractivity (Wildman–Crippen MR) is 146 cm³/mol. The maximum absolute atomic E-state index is 13.4. The number of nitrogens with one attached hydrogen (secondary N) is 2. The Labute approximate surface area is 218 Å². The molecular formula is C27H25N3O7S. The zero-order valence-corrected chi connectivity index (χ0v) is 21.2. The Kier molecular flexibility index (Phi) is 8.46. The van der Waals surface area contributed by atoms with Crippen LogP contribution in [0.4, 0.5) is 5.69 Å². The van der Waals surface area contributed by atoms with Crippen molar-refractivity contribution in [3.63, 3.8) is 0 Å². The Morgan fingerprint density at radius 2 is 1.55 bits per heavy atom. The van der Waals surface area contributed by atoms with Gasteiger partial charge in [-0.3, -0.25) is 14.8 Å². The highest BCUT2D eigenvalue weighted by atomic mass is 32.2. The van der Waals surface area contributed by atoms with Crippen LogP contribution in [0.3, 0.4) is 0 Å². The molecule has 4 aromatic carbocycles. The van der Waals surface area contributed by atoms with Crippen molar-refractivity contribution in [2.75, 3.05) is 18.7 Å². The number of carbonyl (C=O) groups excluding carboxylic acids is 1. The summed E-state index contributed by atoms with van der Waals surface area (Å²) >= 11 is 0. The summed E-state index contributed by atoms with van der Waals surface area (Å²) < 4.78 is 31.3. The number of amides is 1. The second-order valence-electron chi connectivity index (χ2n) is 8.11. The third-order valence-corrected chi connectivity index (χ3v) is 5.34. The number of fused-ring (bicyclic) bond motifs is 1. The van der Waals surface area contributed by atoms with Gasteiger partial charge in [0, 0.05) is 22.2 Å². The first kappa shape index (κ1) is 27.8. The Balaban J connectivity index is 0.000000732. The fourth-order valence-corrected chi connectivity index (χ4v) is 3.72. The minimum atomic E-state index is -3.67. The van der Waals surface area contributed by atoms with Crippen molar-refractivity contribution < 1.29 is 32.4 Å². The molecule has 196 valence electrons. The molecule has 0 radical (unpaired) electrons. The van der Waals surface area contributed by atoms with E-state index >= 15 is 0 Å². The number of carboxylic acid groups (broad SMARTS) is 1. The molecule has 0 fully saturated rings. The third kappa shape index (κ3) is 6.93. The molecule has 0 atom stereocenters. The Morgan fingerprint density at radius 1 is 0.921 bits per heavy atom. The van der Waals surface area contributed by atoms with Crippen molar-refractivity contribution in [3.8, 4) is 16.9 Å². The average Bonchev–Trinajstić information content (AvgIpc) is 2.86. The van der Waals surface area contributed by atoms with Gasteiger partial charge in [-0.1, -0.05) is 30.3 Å². The minimum absolute atomic E-state index is 0.0675. The van der Waals surface area contributed by atoms with Crippen LogP contribution in [-0.4, -0.2) is 49.2 Å². The van der Waals surface area contributed by atoms with Gasteiger partial charge in [0.15, 0.2) is 0 Å². The Bertz CT molecular complexity index is 1620. The molecule has 38 heavy (non-hydrogen) atoms. The monoisotopic (exact) mass is 535 g/mol. The maximum Gasteiger partial charge on any atom is 0.336 e. The van der Waals surface area contributed by atoms with E-state index in [1.165, 1.54) is 6.07 Å². The van der Waals surface area contributed by atoms with E-state index in [1.54, 1.807) is 67.8 Å². The van der Waals surface area contributed by atoms with E-state index in [0.29, 0.717) is 39.9 Å². The molecule has 0 saturated carbocycles. The molecule has 0 aliphatic carbocycles. The number of rotatable bonds is 6. The summed E-state index contributed by atoms with van der Waals surface area (Å²) in [6, 6.07) is 22.2. The van der Waals surface area contributed by atoms with Gasteiger partial charge in [-0.25, -0.2) is 4.79 Å². The molecule has 0 aliphatic rings. The van der Waals surface area contributed by atoms with Crippen LogP contribution in [0, 0.1) is 5.41 Å². The van der Waals surface area contributed by atoms with E-state index in [-0.39, 0.29) is 11.4 Å². The molecule has 4 aromatic rings. The topological polar surface area (TPSA) is 180 Å². The zero-order valence-electron chi connectivity index (χ0n) is 20.4. The van der Waals surface area contributed by atoms with Gasteiger partial charge in [-0.05, 0) is 65.0 Å². The van der Waals surface area contributed by atoms with Crippen LogP contribution in [0.5, 0.6) is 5.75 Å². The first-order chi connectivity index (χ1) is 17.9. The van der Waals surface area contributed by atoms with Crippen LogP contribution in [0.2, 0.25) is 0 Å².